The van der Waals surface area contributed by atoms with Crippen LogP contribution in [0.3, 0.4) is 0 Å². The molecule has 0 aromatic carbocycles. The van der Waals surface area contributed by atoms with E-state index >= 15 is 0 Å². The minimum Gasteiger partial charge on any atom is -0.396 e. The van der Waals surface area contributed by atoms with Gasteiger partial charge in [0.1, 0.15) is 0 Å². The van der Waals surface area contributed by atoms with Gasteiger partial charge in [-0.1, -0.05) is 13.8 Å². The molecule has 0 aliphatic heterocycles. The van der Waals surface area contributed by atoms with Crippen LogP contribution in [-0.4, -0.2) is 44.2 Å². The van der Waals surface area contributed by atoms with Crippen LogP contribution in [0.25, 0.3) is 0 Å². The van der Waals surface area contributed by atoms with E-state index < -0.39 is 9.84 Å². The Labute approximate surface area is 93.0 Å². The molecule has 0 saturated carbocycles. The summed E-state index contributed by atoms with van der Waals surface area (Å²) in [5.74, 6) is 0.379. The molecule has 0 aliphatic rings. The minimum atomic E-state index is -2.96. The van der Waals surface area contributed by atoms with Crippen LogP contribution in [0.15, 0.2) is 0 Å². The minimum absolute atomic E-state index is 0.0308. The van der Waals surface area contributed by atoms with Gasteiger partial charge >= 0.3 is 0 Å². The van der Waals surface area contributed by atoms with Crippen LogP contribution < -0.4 is 5.32 Å². The third-order valence-electron chi connectivity index (χ3n) is 2.13. The second-order valence-electron chi connectivity index (χ2n) is 3.78. The lowest BCUT2D eigenvalue weighted by atomic mass is 10.2. The Morgan fingerprint density at radius 2 is 1.93 bits per heavy atom. The number of aliphatic hydroxyl groups excluding tert-OH is 1. The van der Waals surface area contributed by atoms with Crippen LogP contribution in [0, 0.1) is 0 Å². The van der Waals surface area contributed by atoms with E-state index in [4.69, 9.17) is 5.11 Å². The van der Waals surface area contributed by atoms with Gasteiger partial charge in [0.05, 0.1) is 5.75 Å². The van der Waals surface area contributed by atoms with E-state index in [1.807, 2.05) is 13.8 Å². The average molecular weight is 237 g/mol. The Kier molecular flexibility index (Phi) is 8.00. The molecule has 0 fully saturated rings. The van der Waals surface area contributed by atoms with Crippen molar-refractivity contribution in [2.45, 2.75) is 39.2 Å². The lowest BCUT2D eigenvalue weighted by molar-refractivity contribution is 0.269. The molecule has 0 rings (SSSR count). The zero-order valence-corrected chi connectivity index (χ0v) is 10.5. The van der Waals surface area contributed by atoms with Crippen LogP contribution >= 0.6 is 0 Å². The lowest BCUT2D eigenvalue weighted by Crippen LogP contribution is -2.37. The zero-order chi connectivity index (χ0) is 11.7. The third kappa shape index (κ3) is 7.76. The first-order valence-corrected chi connectivity index (χ1v) is 7.42. The Bertz CT molecular complexity index is 239. The van der Waals surface area contributed by atoms with Crippen molar-refractivity contribution in [2.75, 3.05) is 24.7 Å². The molecule has 1 atom stereocenters. The molecule has 0 aliphatic carbocycles. The first-order chi connectivity index (χ1) is 7.05. The number of rotatable bonds is 9. The summed E-state index contributed by atoms with van der Waals surface area (Å²) in [5.41, 5.74) is 0. The summed E-state index contributed by atoms with van der Waals surface area (Å²) in [6.45, 7) is 4.72. The monoisotopic (exact) mass is 237 g/mol. The van der Waals surface area contributed by atoms with Crippen LogP contribution in [0.5, 0.6) is 0 Å². The van der Waals surface area contributed by atoms with E-state index in [1.54, 1.807) is 0 Å². The van der Waals surface area contributed by atoms with Crippen LogP contribution in [-0.2, 0) is 9.84 Å². The topological polar surface area (TPSA) is 66.4 Å². The van der Waals surface area contributed by atoms with E-state index in [9.17, 15) is 8.42 Å². The van der Waals surface area contributed by atoms with E-state index in [2.05, 4.69) is 5.32 Å². The van der Waals surface area contributed by atoms with Gasteiger partial charge in [-0.05, 0) is 25.8 Å². The summed E-state index contributed by atoms with van der Waals surface area (Å²) in [6.07, 6.45) is 2.13. The summed E-state index contributed by atoms with van der Waals surface area (Å²) in [5, 5.41) is 12.0. The molecular weight excluding hydrogens is 214 g/mol. The molecule has 0 amide bonds. The molecule has 2 N–H and O–H groups in total. The molecular formula is C10H23NO3S. The predicted octanol–water partition coefficient (Wildman–Crippen LogP) is 0.562. The van der Waals surface area contributed by atoms with Crippen molar-refractivity contribution in [3.05, 3.63) is 0 Å². The normalized spacial score (nSPS) is 14.1. The highest BCUT2D eigenvalue weighted by atomic mass is 32.2. The third-order valence-corrected chi connectivity index (χ3v) is 4.07. The summed E-state index contributed by atoms with van der Waals surface area (Å²) in [7, 11) is -2.96. The average Bonchev–Trinajstić information content (AvgIpc) is 2.14. The van der Waals surface area contributed by atoms with Crippen molar-refractivity contribution in [1.82, 2.24) is 5.32 Å². The van der Waals surface area contributed by atoms with Gasteiger partial charge in [0.25, 0.3) is 0 Å². The molecule has 0 saturated heterocycles. The first-order valence-electron chi connectivity index (χ1n) is 5.60. The highest BCUT2D eigenvalue weighted by molar-refractivity contribution is 7.91. The van der Waals surface area contributed by atoms with Gasteiger partial charge in [-0.3, -0.25) is 0 Å². The van der Waals surface area contributed by atoms with E-state index in [1.165, 1.54) is 0 Å². The van der Waals surface area contributed by atoms with Gasteiger partial charge in [-0.2, -0.15) is 0 Å². The Morgan fingerprint density at radius 1 is 1.27 bits per heavy atom. The second-order valence-corrected chi connectivity index (χ2v) is 6.01. The van der Waals surface area contributed by atoms with Crippen LogP contribution in [0.4, 0.5) is 0 Å². The quantitative estimate of drug-likeness (QED) is 0.615. The van der Waals surface area contributed by atoms with Gasteiger partial charge in [0.2, 0.25) is 0 Å². The van der Waals surface area contributed by atoms with Gasteiger partial charge in [0, 0.05) is 18.4 Å². The maximum atomic E-state index is 11.6. The Balaban J connectivity index is 4.13. The standard InChI is InChI=1S/C10H23NO3S/c1-3-6-11-10(5-7-12)9-15(13,14)8-4-2/h10-12H,3-9H2,1-2H3. The predicted molar refractivity (Wildman–Crippen MR) is 62.7 cm³/mol. The smallest absolute Gasteiger partial charge is 0.151 e. The van der Waals surface area contributed by atoms with Gasteiger partial charge in [-0.25, -0.2) is 8.42 Å². The second kappa shape index (κ2) is 8.07. The maximum absolute atomic E-state index is 11.6. The van der Waals surface area contributed by atoms with Crippen molar-refractivity contribution in [1.29, 1.82) is 0 Å². The molecule has 92 valence electrons. The van der Waals surface area contributed by atoms with Gasteiger partial charge < -0.3 is 10.4 Å². The van der Waals surface area contributed by atoms with Crippen molar-refractivity contribution in [3.8, 4) is 0 Å². The summed E-state index contributed by atoms with van der Waals surface area (Å²) < 4.78 is 23.1. The highest BCUT2D eigenvalue weighted by Crippen LogP contribution is 2.01. The largest absolute Gasteiger partial charge is 0.396 e. The molecule has 0 spiro atoms. The van der Waals surface area contributed by atoms with Gasteiger partial charge in [0.15, 0.2) is 9.84 Å². The summed E-state index contributed by atoms with van der Waals surface area (Å²) in [4.78, 5) is 0. The fraction of sp³-hybridized carbons (Fsp3) is 1.00. The summed E-state index contributed by atoms with van der Waals surface area (Å²) in [6, 6.07) is -0.105. The van der Waals surface area contributed by atoms with E-state index in [0.717, 1.165) is 13.0 Å². The van der Waals surface area contributed by atoms with Crippen LogP contribution in [0.2, 0.25) is 0 Å². The number of sulfone groups is 1. The van der Waals surface area contributed by atoms with Gasteiger partial charge in [-0.15, -0.1) is 0 Å². The maximum Gasteiger partial charge on any atom is 0.151 e. The fourth-order valence-electron chi connectivity index (χ4n) is 1.45. The number of hydrogen-bond acceptors (Lipinski definition) is 4. The number of hydrogen-bond donors (Lipinski definition) is 2. The first kappa shape index (κ1) is 14.9. The molecule has 4 nitrogen and oxygen atoms in total. The summed E-state index contributed by atoms with van der Waals surface area (Å²) >= 11 is 0. The molecule has 0 aromatic rings. The van der Waals surface area contributed by atoms with Crippen molar-refractivity contribution in [2.24, 2.45) is 0 Å². The fourth-order valence-corrected chi connectivity index (χ4v) is 3.14. The van der Waals surface area contributed by atoms with E-state index in [-0.39, 0.29) is 24.2 Å². The lowest BCUT2D eigenvalue weighted by Gasteiger charge is -2.17. The van der Waals surface area contributed by atoms with Crippen molar-refractivity contribution in [3.63, 3.8) is 0 Å². The molecule has 0 aromatic heterocycles. The van der Waals surface area contributed by atoms with E-state index in [0.29, 0.717) is 12.8 Å². The number of aliphatic hydroxyl groups is 1. The molecule has 15 heavy (non-hydrogen) atoms. The molecule has 0 bridgehead atoms. The molecule has 0 radical (unpaired) electrons. The van der Waals surface area contributed by atoms with Crippen molar-refractivity contribution >= 4 is 9.84 Å². The Hall–Kier alpha value is -0.130. The molecule has 5 heteroatoms. The number of nitrogens with one attached hydrogen (secondary N) is 1. The van der Waals surface area contributed by atoms with Crippen LogP contribution in [0.1, 0.15) is 33.1 Å². The van der Waals surface area contributed by atoms with Crippen molar-refractivity contribution < 1.29 is 13.5 Å². The SMILES string of the molecule is CCCNC(CCO)CS(=O)(=O)CCC. The Morgan fingerprint density at radius 3 is 2.40 bits per heavy atom. The highest BCUT2D eigenvalue weighted by Gasteiger charge is 2.17. The molecule has 1 unspecified atom stereocenters. The molecule has 0 heterocycles. The zero-order valence-electron chi connectivity index (χ0n) is 9.70.